The highest BCUT2D eigenvalue weighted by molar-refractivity contribution is 5.92. The normalized spacial score (nSPS) is 17.2. The molecule has 1 aliphatic heterocycles. The van der Waals surface area contributed by atoms with Crippen molar-refractivity contribution < 1.29 is 32.3 Å². The summed E-state index contributed by atoms with van der Waals surface area (Å²) in [7, 11) is 0. The van der Waals surface area contributed by atoms with Crippen molar-refractivity contribution in [1.29, 1.82) is 5.41 Å². The van der Waals surface area contributed by atoms with E-state index in [-0.39, 0.29) is 43.7 Å². The standard InChI is InChI=1S/C21H26F4N4O3/c1-11-6-15(22)16(23)8-13(11)7-14(26)9-18(30)28-4-5-29(20(27)21(3,24)25)17(10-28)12(2)19(31)32/h6,8,14,27H,4-5,7,9-10,26H2,1-3H3,(H,31,32)/b17-12+,27-20?. The van der Waals surface area contributed by atoms with E-state index in [0.717, 1.165) is 17.0 Å². The van der Waals surface area contributed by atoms with Gasteiger partial charge in [0.15, 0.2) is 17.5 Å². The Bertz CT molecular complexity index is 959. The summed E-state index contributed by atoms with van der Waals surface area (Å²) in [6.07, 6.45) is -0.0580. The van der Waals surface area contributed by atoms with Crippen molar-refractivity contribution >= 4 is 17.7 Å². The smallest absolute Gasteiger partial charge is 0.333 e. The van der Waals surface area contributed by atoms with Gasteiger partial charge in [-0.15, -0.1) is 0 Å². The molecule has 1 amide bonds. The van der Waals surface area contributed by atoms with E-state index < -0.39 is 41.3 Å². The number of nitrogens with zero attached hydrogens (tertiary/aromatic N) is 2. The molecule has 4 N–H and O–H groups in total. The number of carbonyl (C=O) groups excluding carboxylic acids is 1. The molecule has 11 heteroatoms. The molecule has 32 heavy (non-hydrogen) atoms. The van der Waals surface area contributed by atoms with E-state index in [9.17, 15) is 32.3 Å². The molecular formula is C21H26F4N4O3. The summed E-state index contributed by atoms with van der Waals surface area (Å²) < 4.78 is 54.2. The summed E-state index contributed by atoms with van der Waals surface area (Å²) in [5.41, 5.74) is 6.65. The molecule has 0 bridgehead atoms. The largest absolute Gasteiger partial charge is 0.478 e. The minimum Gasteiger partial charge on any atom is -0.478 e. The lowest BCUT2D eigenvalue weighted by molar-refractivity contribution is -0.134. The van der Waals surface area contributed by atoms with Gasteiger partial charge in [0.05, 0.1) is 12.1 Å². The van der Waals surface area contributed by atoms with Crippen molar-refractivity contribution in [3.05, 3.63) is 46.2 Å². The van der Waals surface area contributed by atoms with Crippen LogP contribution in [0.2, 0.25) is 0 Å². The van der Waals surface area contributed by atoms with Gasteiger partial charge in [-0.2, -0.15) is 8.78 Å². The first-order valence-corrected chi connectivity index (χ1v) is 9.87. The van der Waals surface area contributed by atoms with E-state index in [2.05, 4.69) is 0 Å². The summed E-state index contributed by atoms with van der Waals surface area (Å²) in [5, 5.41) is 17.0. The fourth-order valence-corrected chi connectivity index (χ4v) is 3.46. The Hall–Kier alpha value is -2.95. The minimum absolute atomic E-state index is 0.00931. The number of hydrogen-bond donors (Lipinski definition) is 3. The molecule has 1 fully saturated rings. The molecule has 0 aromatic heterocycles. The Morgan fingerprint density at radius 2 is 1.84 bits per heavy atom. The molecule has 0 saturated carbocycles. The van der Waals surface area contributed by atoms with Crippen LogP contribution in [0.4, 0.5) is 17.6 Å². The summed E-state index contributed by atoms with van der Waals surface area (Å²) in [4.78, 5) is 26.4. The van der Waals surface area contributed by atoms with Crippen molar-refractivity contribution in [2.24, 2.45) is 5.73 Å². The Balaban J connectivity index is 2.14. The summed E-state index contributed by atoms with van der Waals surface area (Å²) in [5.74, 6) is -8.33. The molecule has 0 radical (unpaired) electrons. The van der Waals surface area contributed by atoms with Crippen LogP contribution in [0.5, 0.6) is 0 Å². The van der Waals surface area contributed by atoms with E-state index in [1.165, 1.54) is 11.8 Å². The third kappa shape index (κ3) is 5.84. The number of aliphatic carboxylic acids is 1. The second kappa shape index (κ2) is 9.68. The average Bonchev–Trinajstić information content (AvgIpc) is 2.69. The monoisotopic (exact) mass is 458 g/mol. The molecule has 1 aromatic carbocycles. The molecule has 7 nitrogen and oxygen atoms in total. The van der Waals surface area contributed by atoms with Gasteiger partial charge in [0.1, 0.15) is 0 Å². The maximum atomic E-state index is 13.7. The fourth-order valence-electron chi connectivity index (χ4n) is 3.46. The van der Waals surface area contributed by atoms with E-state index in [4.69, 9.17) is 11.1 Å². The molecule has 1 atom stereocenters. The maximum Gasteiger partial charge on any atom is 0.333 e. The molecule has 0 spiro atoms. The number of nitrogens with one attached hydrogen (secondary N) is 1. The zero-order valence-electron chi connectivity index (χ0n) is 18.0. The van der Waals surface area contributed by atoms with Crippen LogP contribution in [0.3, 0.4) is 0 Å². The molecule has 1 aromatic rings. The average molecular weight is 458 g/mol. The number of carboxylic acid groups (broad SMARTS) is 1. The van der Waals surface area contributed by atoms with Crippen molar-refractivity contribution in [2.75, 3.05) is 19.6 Å². The zero-order valence-corrected chi connectivity index (χ0v) is 18.0. The van der Waals surface area contributed by atoms with Crippen LogP contribution in [0.25, 0.3) is 0 Å². The number of nitrogens with two attached hydrogens (primary N) is 1. The summed E-state index contributed by atoms with van der Waals surface area (Å²) in [6.45, 7) is 2.90. The van der Waals surface area contributed by atoms with Gasteiger partial charge < -0.3 is 20.6 Å². The highest BCUT2D eigenvalue weighted by atomic mass is 19.3. The number of rotatable bonds is 6. The third-order valence-corrected chi connectivity index (χ3v) is 5.35. The SMILES string of the molecule is C/C(C(=O)O)=C1/CN(C(=O)CC(N)Cc2cc(F)c(F)cc2C)CCN1C(=N)C(C)(F)F. The first-order chi connectivity index (χ1) is 14.7. The van der Waals surface area contributed by atoms with Gasteiger partial charge in [-0.1, -0.05) is 0 Å². The number of piperazine rings is 1. The van der Waals surface area contributed by atoms with Crippen LogP contribution in [-0.4, -0.2) is 64.2 Å². The second-order valence-corrected chi connectivity index (χ2v) is 7.94. The summed E-state index contributed by atoms with van der Waals surface area (Å²) in [6, 6.07) is 1.35. The Kier molecular flexibility index (Phi) is 7.66. The Morgan fingerprint density at radius 1 is 1.25 bits per heavy atom. The molecule has 1 heterocycles. The molecule has 176 valence electrons. The fraction of sp³-hybridized carbons (Fsp3) is 0.476. The number of alkyl halides is 2. The van der Waals surface area contributed by atoms with Gasteiger partial charge >= 0.3 is 11.9 Å². The maximum absolute atomic E-state index is 13.7. The molecule has 1 unspecified atom stereocenters. The van der Waals surface area contributed by atoms with Gasteiger partial charge in [0, 0.05) is 38.2 Å². The second-order valence-electron chi connectivity index (χ2n) is 7.94. The van der Waals surface area contributed by atoms with Crippen molar-refractivity contribution in [1.82, 2.24) is 9.80 Å². The van der Waals surface area contributed by atoms with Crippen molar-refractivity contribution in [3.8, 4) is 0 Å². The van der Waals surface area contributed by atoms with Crippen LogP contribution in [0.1, 0.15) is 31.4 Å². The third-order valence-electron chi connectivity index (χ3n) is 5.35. The highest BCUT2D eigenvalue weighted by Crippen LogP contribution is 2.25. The molecule has 2 rings (SSSR count). The van der Waals surface area contributed by atoms with Crippen LogP contribution in [0, 0.1) is 24.0 Å². The Labute approximate surface area is 183 Å². The molecule has 1 saturated heterocycles. The van der Waals surface area contributed by atoms with Gasteiger partial charge in [-0.05, 0) is 43.5 Å². The van der Waals surface area contributed by atoms with E-state index >= 15 is 0 Å². The first-order valence-electron chi connectivity index (χ1n) is 9.87. The minimum atomic E-state index is -3.49. The molecule has 1 aliphatic rings. The van der Waals surface area contributed by atoms with Gasteiger partial charge in [-0.3, -0.25) is 10.2 Å². The van der Waals surface area contributed by atoms with Gasteiger partial charge in [0.2, 0.25) is 5.91 Å². The van der Waals surface area contributed by atoms with Gasteiger partial charge in [0.25, 0.3) is 0 Å². The lowest BCUT2D eigenvalue weighted by atomic mass is 9.98. The lowest BCUT2D eigenvalue weighted by Crippen LogP contribution is -2.53. The number of hydrogen-bond acceptors (Lipinski definition) is 4. The predicted octanol–water partition coefficient (Wildman–Crippen LogP) is 2.67. The number of amides is 1. The predicted molar refractivity (Wildman–Crippen MR) is 109 cm³/mol. The number of carboxylic acids is 1. The zero-order chi connectivity index (χ0) is 24.4. The summed E-state index contributed by atoms with van der Waals surface area (Å²) >= 11 is 0. The number of aryl methyl sites for hydroxylation is 1. The molecule has 0 aliphatic carbocycles. The van der Waals surface area contributed by atoms with E-state index in [1.807, 2.05) is 0 Å². The molecular weight excluding hydrogens is 432 g/mol. The van der Waals surface area contributed by atoms with Crippen LogP contribution >= 0.6 is 0 Å². The number of benzene rings is 1. The van der Waals surface area contributed by atoms with Gasteiger partial charge in [-0.25, -0.2) is 13.6 Å². The topological polar surface area (TPSA) is 111 Å². The number of amidine groups is 1. The van der Waals surface area contributed by atoms with Crippen molar-refractivity contribution in [2.45, 2.75) is 45.6 Å². The van der Waals surface area contributed by atoms with E-state index in [1.54, 1.807) is 6.92 Å². The Morgan fingerprint density at radius 3 is 2.41 bits per heavy atom. The van der Waals surface area contributed by atoms with Crippen LogP contribution < -0.4 is 5.73 Å². The van der Waals surface area contributed by atoms with E-state index in [0.29, 0.717) is 18.1 Å². The number of carbonyl (C=O) groups is 2. The number of halogens is 4. The lowest BCUT2D eigenvalue weighted by Gasteiger charge is -2.40. The van der Waals surface area contributed by atoms with Crippen LogP contribution in [-0.2, 0) is 16.0 Å². The van der Waals surface area contributed by atoms with Crippen LogP contribution in [0.15, 0.2) is 23.4 Å². The van der Waals surface area contributed by atoms with Crippen molar-refractivity contribution in [3.63, 3.8) is 0 Å². The quantitative estimate of drug-likeness (QED) is 0.263. The first kappa shape index (κ1) is 25.3. The highest BCUT2D eigenvalue weighted by Gasteiger charge is 2.38.